The van der Waals surface area contributed by atoms with Crippen LogP contribution in [0.2, 0.25) is 0 Å². The molecule has 36 heavy (non-hydrogen) atoms. The van der Waals surface area contributed by atoms with Crippen molar-refractivity contribution in [2.45, 2.75) is 19.9 Å². The Balaban J connectivity index is 1.69. The summed E-state index contributed by atoms with van der Waals surface area (Å²) in [5.41, 5.74) is 0.804. The Kier molecular flexibility index (Phi) is 5.56. The summed E-state index contributed by atoms with van der Waals surface area (Å²) in [6.07, 6.45) is 0. The highest BCUT2D eigenvalue weighted by atomic mass is 32.1. The molecule has 5 rings (SSSR count). The van der Waals surface area contributed by atoms with E-state index in [1.165, 1.54) is 47.6 Å². The maximum atomic E-state index is 13.7. The van der Waals surface area contributed by atoms with Crippen LogP contribution in [0.4, 0.5) is 10.8 Å². The molecule has 1 N–H and O–H groups in total. The average Bonchev–Trinajstić information content (AvgIpc) is 3.52. The van der Waals surface area contributed by atoms with E-state index in [4.69, 9.17) is 9.15 Å². The van der Waals surface area contributed by atoms with Gasteiger partial charge in [-0.25, -0.2) is 4.98 Å². The SMILES string of the molecule is COc1cccc2cc(C(=O)C3=C(O)C(=O)N(c4nc(C)c(C)s4)C3c3cccc([N+](=O)[O-])c3)oc12. The second kappa shape index (κ2) is 8.61. The first kappa shape index (κ1) is 23.2. The van der Waals surface area contributed by atoms with Gasteiger partial charge in [0.15, 0.2) is 28.0 Å². The normalized spacial score (nSPS) is 15.7. The molecule has 1 unspecified atom stereocenters. The molecule has 182 valence electrons. The predicted molar refractivity (Wildman–Crippen MR) is 132 cm³/mol. The summed E-state index contributed by atoms with van der Waals surface area (Å²) in [5.74, 6) is -2.04. The number of aliphatic hydroxyl groups excluding tert-OH is 1. The number of fused-ring (bicyclic) bond motifs is 1. The fourth-order valence-electron chi connectivity index (χ4n) is 4.16. The Morgan fingerprint density at radius 2 is 1.97 bits per heavy atom. The molecule has 0 aliphatic carbocycles. The van der Waals surface area contributed by atoms with E-state index >= 15 is 0 Å². The van der Waals surface area contributed by atoms with Gasteiger partial charge in [-0.1, -0.05) is 24.3 Å². The van der Waals surface area contributed by atoms with Crippen LogP contribution < -0.4 is 9.64 Å². The number of nitro benzene ring substituents is 1. The molecule has 1 atom stereocenters. The van der Waals surface area contributed by atoms with Crippen molar-refractivity contribution in [3.05, 3.63) is 91.9 Å². The lowest BCUT2D eigenvalue weighted by Crippen LogP contribution is -2.31. The number of amides is 1. The average molecular weight is 506 g/mol. The van der Waals surface area contributed by atoms with Gasteiger partial charge >= 0.3 is 0 Å². The number of methoxy groups -OCH3 is 1. The molecule has 10 nitrogen and oxygen atoms in total. The van der Waals surface area contributed by atoms with Crippen molar-refractivity contribution in [3.8, 4) is 5.75 Å². The molecule has 0 bridgehead atoms. The number of nitro groups is 1. The number of non-ortho nitro benzene ring substituents is 1. The van der Waals surface area contributed by atoms with Gasteiger partial charge in [-0.2, -0.15) is 0 Å². The number of aromatic nitrogens is 1. The maximum Gasteiger partial charge on any atom is 0.296 e. The lowest BCUT2D eigenvalue weighted by Gasteiger charge is -2.24. The Labute approximate surface area is 208 Å². The number of aryl methyl sites for hydroxylation is 2. The van der Waals surface area contributed by atoms with Crippen LogP contribution in [0.3, 0.4) is 0 Å². The predicted octanol–water partition coefficient (Wildman–Crippen LogP) is 5.21. The number of benzene rings is 2. The lowest BCUT2D eigenvalue weighted by molar-refractivity contribution is -0.384. The van der Waals surface area contributed by atoms with E-state index in [0.717, 1.165) is 4.88 Å². The summed E-state index contributed by atoms with van der Waals surface area (Å²) in [7, 11) is 1.47. The Morgan fingerprint density at radius 3 is 2.64 bits per heavy atom. The summed E-state index contributed by atoms with van der Waals surface area (Å²) < 4.78 is 11.1. The minimum atomic E-state index is -1.16. The molecule has 0 spiro atoms. The number of para-hydroxylation sites is 1. The molecule has 1 aliphatic heterocycles. The first-order chi connectivity index (χ1) is 17.2. The highest BCUT2D eigenvalue weighted by molar-refractivity contribution is 7.15. The topological polar surface area (TPSA) is 136 Å². The van der Waals surface area contributed by atoms with E-state index in [9.17, 15) is 24.8 Å². The molecule has 0 radical (unpaired) electrons. The van der Waals surface area contributed by atoms with Crippen molar-refractivity contribution < 1.29 is 28.8 Å². The smallest absolute Gasteiger partial charge is 0.296 e. The van der Waals surface area contributed by atoms with E-state index in [1.807, 2.05) is 6.92 Å². The third-order valence-electron chi connectivity index (χ3n) is 6.02. The number of anilines is 1. The summed E-state index contributed by atoms with van der Waals surface area (Å²) in [5, 5.41) is 23.2. The summed E-state index contributed by atoms with van der Waals surface area (Å²) in [4.78, 5) is 44.4. The van der Waals surface area contributed by atoms with Crippen molar-refractivity contribution in [2.24, 2.45) is 0 Å². The third-order valence-corrected chi connectivity index (χ3v) is 7.10. The molecule has 0 saturated carbocycles. The highest BCUT2D eigenvalue weighted by Crippen LogP contribution is 2.44. The number of aliphatic hydroxyl groups is 1. The van der Waals surface area contributed by atoms with Gasteiger partial charge in [0.2, 0.25) is 5.78 Å². The van der Waals surface area contributed by atoms with Crippen LogP contribution in [0.15, 0.2) is 64.3 Å². The number of carbonyl (C=O) groups is 2. The van der Waals surface area contributed by atoms with E-state index in [-0.39, 0.29) is 27.7 Å². The molecule has 3 heterocycles. The number of Topliss-reactive ketones (excluding diaryl/α,β-unsaturated/α-hetero) is 1. The van der Waals surface area contributed by atoms with Crippen molar-refractivity contribution in [2.75, 3.05) is 12.0 Å². The maximum absolute atomic E-state index is 13.7. The van der Waals surface area contributed by atoms with Crippen LogP contribution in [-0.2, 0) is 4.79 Å². The zero-order chi connectivity index (χ0) is 25.7. The molecule has 2 aromatic carbocycles. The second-order valence-electron chi connectivity index (χ2n) is 8.15. The second-order valence-corrected chi connectivity index (χ2v) is 9.33. The van der Waals surface area contributed by atoms with Crippen LogP contribution in [-0.4, -0.2) is 33.8 Å². The molecule has 11 heteroatoms. The Morgan fingerprint density at radius 1 is 1.22 bits per heavy atom. The molecule has 2 aromatic heterocycles. The van der Waals surface area contributed by atoms with E-state index in [0.29, 0.717) is 22.4 Å². The quantitative estimate of drug-likeness (QED) is 0.214. The minimum Gasteiger partial charge on any atom is -0.503 e. The number of hydrogen-bond acceptors (Lipinski definition) is 9. The molecule has 1 amide bonds. The van der Waals surface area contributed by atoms with E-state index in [1.54, 1.807) is 31.2 Å². The van der Waals surface area contributed by atoms with Crippen LogP contribution in [0.25, 0.3) is 11.0 Å². The first-order valence-corrected chi connectivity index (χ1v) is 11.6. The first-order valence-electron chi connectivity index (χ1n) is 10.8. The fourth-order valence-corrected chi connectivity index (χ4v) is 5.10. The number of carbonyl (C=O) groups excluding carboxylic acids is 2. The van der Waals surface area contributed by atoms with Crippen molar-refractivity contribution in [3.63, 3.8) is 0 Å². The van der Waals surface area contributed by atoms with Crippen LogP contribution >= 0.6 is 11.3 Å². The molecular weight excluding hydrogens is 486 g/mol. The van der Waals surface area contributed by atoms with Crippen molar-refractivity contribution >= 4 is 44.8 Å². The number of nitrogens with zero attached hydrogens (tertiary/aromatic N) is 3. The van der Waals surface area contributed by atoms with Gasteiger partial charge in [-0.3, -0.25) is 24.6 Å². The Bertz CT molecular complexity index is 1580. The zero-order valence-electron chi connectivity index (χ0n) is 19.3. The van der Waals surface area contributed by atoms with E-state index < -0.39 is 28.4 Å². The molecule has 1 aliphatic rings. The number of ether oxygens (including phenoxy) is 1. The van der Waals surface area contributed by atoms with Crippen LogP contribution in [0.1, 0.15) is 32.7 Å². The van der Waals surface area contributed by atoms with Gasteiger partial charge in [0, 0.05) is 22.4 Å². The van der Waals surface area contributed by atoms with Crippen LogP contribution in [0, 0.1) is 24.0 Å². The highest BCUT2D eigenvalue weighted by Gasteiger charge is 2.47. The van der Waals surface area contributed by atoms with Gasteiger partial charge in [0.25, 0.3) is 11.6 Å². The minimum absolute atomic E-state index is 0.118. The number of hydrogen-bond donors (Lipinski definition) is 1. The summed E-state index contributed by atoms with van der Waals surface area (Å²) >= 11 is 1.22. The number of ketones is 1. The third kappa shape index (κ3) is 3.60. The molecule has 0 fully saturated rings. The van der Waals surface area contributed by atoms with Crippen molar-refractivity contribution in [1.29, 1.82) is 0 Å². The fraction of sp³-hybridized carbons (Fsp3) is 0.160. The van der Waals surface area contributed by atoms with Gasteiger partial charge in [-0.05, 0) is 31.5 Å². The molecule has 0 saturated heterocycles. The number of furan rings is 1. The summed E-state index contributed by atoms with van der Waals surface area (Å²) in [6, 6.07) is 11.1. The van der Waals surface area contributed by atoms with Crippen molar-refractivity contribution in [1.82, 2.24) is 4.98 Å². The van der Waals surface area contributed by atoms with Crippen LogP contribution in [0.5, 0.6) is 5.75 Å². The standard InChI is InChI=1S/C25H19N3O7S/c1-12-13(2)36-25(26-12)27-20(14-6-4-8-16(10-14)28(32)33)19(22(30)24(27)31)21(29)18-11-15-7-5-9-17(34-3)23(15)35-18/h4-11,20,30H,1-3H3. The number of thiazole rings is 1. The van der Waals surface area contributed by atoms with Gasteiger partial charge in [0.05, 0.1) is 29.3 Å². The van der Waals surface area contributed by atoms with Gasteiger partial charge < -0.3 is 14.3 Å². The Hall–Kier alpha value is -4.51. The van der Waals surface area contributed by atoms with E-state index in [2.05, 4.69) is 4.98 Å². The lowest BCUT2D eigenvalue weighted by atomic mass is 9.95. The molecule has 4 aromatic rings. The van der Waals surface area contributed by atoms with Gasteiger partial charge in [-0.15, -0.1) is 11.3 Å². The summed E-state index contributed by atoms with van der Waals surface area (Å²) in [6.45, 7) is 3.61. The number of rotatable bonds is 6. The van der Waals surface area contributed by atoms with Gasteiger partial charge in [0.1, 0.15) is 0 Å². The largest absolute Gasteiger partial charge is 0.503 e. The zero-order valence-corrected chi connectivity index (χ0v) is 20.2. The molecular formula is C25H19N3O7S. The monoisotopic (exact) mass is 505 g/mol.